The Labute approximate surface area is 182 Å². The van der Waals surface area contributed by atoms with Crippen LogP contribution in [0.1, 0.15) is 102 Å². The van der Waals surface area contributed by atoms with E-state index in [2.05, 4.69) is 11.7 Å². The van der Waals surface area contributed by atoms with Gasteiger partial charge in [-0.25, -0.2) is 8.78 Å². The molecule has 1 aromatic carbocycles. The first-order valence-electron chi connectivity index (χ1n) is 12.0. The lowest BCUT2D eigenvalue weighted by atomic mass is 9.75. The zero-order valence-electron chi connectivity index (χ0n) is 18.5. The second-order valence-electron chi connectivity index (χ2n) is 9.69. The van der Waals surface area contributed by atoms with E-state index in [4.69, 9.17) is 0 Å². The average molecular weight is 447 g/mol. The summed E-state index contributed by atoms with van der Waals surface area (Å²) in [6, 6.07) is 2.01. The first-order chi connectivity index (χ1) is 14.7. The Bertz CT molecular complexity index is 663. The molecule has 2 fully saturated rings. The van der Waals surface area contributed by atoms with Crippen molar-refractivity contribution in [1.29, 1.82) is 0 Å². The van der Waals surface area contributed by atoms with Gasteiger partial charge in [-0.3, -0.25) is 0 Å². The molecule has 0 heterocycles. The lowest BCUT2D eigenvalue weighted by Gasteiger charge is -2.31. The van der Waals surface area contributed by atoms with Crippen molar-refractivity contribution in [2.75, 3.05) is 0 Å². The number of benzene rings is 1. The molecule has 0 saturated heterocycles. The largest absolute Gasteiger partial charge is 0.573 e. The van der Waals surface area contributed by atoms with E-state index in [-0.39, 0.29) is 5.92 Å². The van der Waals surface area contributed by atoms with Crippen LogP contribution in [-0.2, 0) is 0 Å². The number of alkyl halides is 3. The quantitative estimate of drug-likeness (QED) is 0.362. The van der Waals surface area contributed by atoms with Crippen molar-refractivity contribution in [3.8, 4) is 5.75 Å². The van der Waals surface area contributed by atoms with Crippen molar-refractivity contribution < 1.29 is 26.7 Å². The Morgan fingerprint density at radius 2 is 1.23 bits per heavy atom. The Kier molecular flexibility index (Phi) is 8.63. The van der Waals surface area contributed by atoms with E-state index in [1.54, 1.807) is 0 Å². The molecule has 2 aliphatic rings. The lowest BCUT2D eigenvalue weighted by molar-refractivity contribution is -0.276. The van der Waals surface area contributed by atoms with Crippen molar-refractivity contribution in [3.05, 3.63) is 29.3 Å². The second kappa shape index (κ2) is 11.0. The van der Waals surface area contributed by atoms with Crippen LogP contribution in [0.5, 0.6) is 5.75 Å². The molecule has 0 unspecified atom stereocenters. The summed E-state index contributed by atoms with van der Waals surface area (Å²) in [6.45, 7) is 2.27. The van der Waals surface area contributed by atoms with E-state index in [0.29, 0.717) is 11.5 Å². The fraction of sp³-hybridized carbons (Fsp3) is 0.760. The third-order valence-electron chi connectivity index (χ3n) is 7.44. The lowest BCUT2D eigenvalue weighted by Crippen LogP contribution is -2.19. The molecule has 1 aromatic rings. The molecule has 3 rings (SSSR count). The molecular weight excluding hydrogens is 411 g/mol. The van der Waals surface area contributed by atoms with Crippen LogP contribution in [0, 0.1) is 29.4 Å². The van der Waals surface area contributed by atoms with Gasteiger partial charge < -0.3 is 4.74 Å². The van der Waals surface area contributed by atoms with Crippen LogP contribution in [0.15, 0.2) is 12.1 Å². The van der Waals surface area contributed by atoms with Gasteiger partial charge in [0.2, 0.25) is 5.75 Å². The molecule has 0 radical (unpaired) electrons. The third kappa shape index (κ3) is 7.35. The summed E-state index contributed by atoms with van der Waals surface area (Å²) in [4.78, 5) is 0. The van der Waals surface area contributed by atoms with E-state index in [1.165, 1.54) is 57.8 Å². The Morgan fingerprint density at radius 3 is 1.68 bits per heavy atom. The van der Waals surface area contributed by atoms with E-state index in [1.807, 2.05) is 0 Å². The molecule has 0 atom stereocenters. The van der Waals surface area contributed by atoms with Crippen molar-refractivity contribution >= 4 is 0 Å². The molecule has 0 aliphatic heterocycles. The highest BCUT2D eigenvalue weighted by Crippen LogP contribution is 2.41. The van der Waals surface area contributed by atoms with E-state index < -0.39 is 23.7 Å². The van der Waals surface area contributed by atoms with Crippen LogP contribution in [0.25, 0.3) is 0 Å². The first kappa shape index (κ1) is 24.3. The molecule has 0 N–H and O–H groups in total. The normalized spacial score (nSPS) is 27.3. The predicted molar refractivity (Wildman–Crippen MR) is 112 cm³/mol. The summed E-state index contributed by atoms with van der Waals surface area (Å²) in [7, 11) is 0. The number of hydrogen-bond acceptors (Lipinski definition) is 1. The highest BCUT2D eigenvalue weighted by atomic mass is 19.4. The van der Waals surface area contributed by atoms with Crippen LogP contribution in [0.2, 0.25) is 0 Å². The van der Waals surface area contributed by atoms with Gasteiger partial charge in [-0.2, -0.15) is 0 Å². The van der Waals surface area contributed by atoms with Gasteiger partial charge >= 0.3 is 6.36 Å². The Balaban J connectivity index is 1.41. The van der Waals surface area contributed by atoms with Crippen LogP contribution in [-0.4, -0.2) is 6.36 Å². The SMILES string of the molecule is CCCC1CCC(CCCC2CCC(c3cc(F)c(OC(F)(F)F)c(F)c3)CC2)CC1. The molecule has 0 bridgehead atoms. The Morgan fingerprint density at radius 1 is 0.774 bits per heavy atom. The van der Waals surface area contributed by atoms with Gasteiger partial charge in [-0.15, -0.1) is 13.2 Å². The molecule has 2 aliphatic carbocycles. The number of ether oxygens (including phenoxy) is 1. The predicted octanol–water partition coefficient (Wildman–Crippen LogP) is 8.91. The molecule has 1 nitrogen and oxygen atoms in total. The molecule has 0 spiro atoms. The van der Waals surface area contributed by atoms with Crippen LogP contribution in [0.4, 0.5) is 22.0 Å². The van der Waals surface area contributed by atoms with E-state index >= 15 is 0 Å². The average Bonchev–Trinajstić information content (AvgIpc) is 2.72. The molecule has 6 heteroatoms. The van der Waals surface area contributed by atoms with Crippen molar-refractivity contribution in [3.63, 3.8) is 0 Å². The monoisotopic (exact) mass is 446 g/mol. The fourth-order valence-corrected chi connectivity index (χ4v) is 5.73. The summed E-state index contributed by atoms with van der Waals surface area (Å²) in [5.41, 5.74) is 0.437. The first-order valence-corrected chi connectivity index (χ1v) is 12.0. The van der Waals surface area contributed by atoms with E-state index in [0.717, 1.165) is 49.7 Å². The summed E-state index contributed by atoms with van der Waals surface area (Å²) in [5, 5.41) is 0. The minimum absolute atomic E-state index is 0.00553. The van der Waals surface area contributed by atoms with Gasteiger partial charge in [0.25, 0.3) is 0 Å². The van der Waals surface area contributed by atoms with Gasteiger partial charge in [-0.05, 0) is 67.1 Å². The van der Waals surface area contributed by atoms with Gasteiger partial charge in [0, 0.05) is 0 Å². The maximum atomic E-state index is 14.0. The minimum atomic E-state index is -5.11. The highest BCUT2D eigenvalue weighted by molar-refractivity contribution is 5.33. The smallest absolute Gasteiger partial charge is 0.399 e. The van der Waals surface area contributed by atoms with E-state index in [9.17, 15) is 22.0 Å². The molecule has 0 amide bonds. The standard InChI is InChI=1S/C25H35F5O/c1-2-4-17-7-9-18(10-8-17)5-3-6-19-11-13-20(14-12-19)21-15-22(26)24(23(27)16-21)31-25(28,29)30/h15-20H,2-14H2,1H3. The summed E-state index contributed by atoms with van der Waals surface area (Å²) < 4.78 is 68.5. The Hall–Kier alpha value is -1.33. The summed E-state index contributed by atoms with van der Waals surface area (Å²) in [6.07, 6.45) is 10.6. The van der Waals surface area contributed by atoms with Gasteiger partial charge in [-0.1, -0.05) is 64.7 Å². The molecule has 2 saturated carbocycles. The summed E-state index contributed by atoms with van der Waals surface area (Å²) in [5.74, 6) is -1.47. The van der Waals surface area contributed by atoms with Crippen LogP contribution < -0.4 is 4.74 Å². The highest BCUT2D eigenvalue weighted by Gasteiger charge is 2.34. The molecule has 0 aromatic heterocycles. The van der Waals surface area contributed by atoms with Crippen LogP contribution >= 0.6 is 0 Å². The van der Waals surface area contributed by atoms with Crippen molar-refractivity contribution in [2.24, 2.45) is 17.8 Å². The number of hydrogen-bond donors (Lipinski definition) is 0. The minimum Gasteiger partial charge on any atom is -0.399 e. The topological polar surface area (TPSA) is 9.23 Å². The molecule has 31 heavy (non-hydrogen) atoms. The van der Waals surface area contributed by atoms with Gasteiger partial charge in [0.1, 0.15) is 0 Å². The van der Waals surface area contributed by atoms with Gasteiger partial charge in [0.15, 0.2) is 11.6 Å². The van der Waals surface area contributed by atoms with Gasteiger partial charge in [0.05, 0.1) is 0 Å². The maximum absolute atomic E-state index is 14.0. The summed E-state index contributed by atoms with van der Waals surface area (Å²) >= 11 is 0. The zero-order chi connectivity index (χ0) is 22.4. The van der Waals surface area contributed by atoms with Crippen molar-refractivity contribution in [2.45, 2.75) is 103 Å². The third-order valence-corrected chi connectivity index (χ3v) is 7.44. The molecular formula is C25H35F5O. The van der Waals surface area contributed by atoms with Crippen LogP contribution in [0.3, 0.4) is 0 Å². The number of halogens is 5. The molecule has 176 valence electrons. The number of rotatable bonds is 8. The zero-order valence-corrected chi connectivity index (χ0v) is 18.5. The van der Waals surface area contributed by atoms with Crippen molar-refractivity contribution in [1.82, 2.24) is 0 Å². The fourth-order valence-electron chi connectivity index (χ4n) is 5.73. The maximum Gasteiger partial charge on any atom is 0.573 e. The second-order valence-corrected chi connectivity index (χ2v) is 9.69.